The summed E-state index contributed by atoms with van der Waals surface area (Å²) in [5.41, 5.74) is 1.46. The van der Waals surface area contributed by atoms with E-state index in [0.717, 1.165) is 31.2 Å². The number of aliphatic hydroxyl groups excluding tert-OH is 1. The lowest BCUT2D eigenvalue weighted by Crippen LogP contribution is -2.52. The van der Waals surface area contributed by atoms with E-state index < -0.39 is 22.2 Å². The predicted molar refractivity (Wildman–Crippen MR) is 151 cm³/mol. The minimum atomic E-state index is -3.95. The van der Waals surface area contributed by atoms with E-state index in [0.29, 0.717) is 5.56 Å². The van der Waals surface area contributed by atoms with E-state index in [1.165, 1.54) is 16.8 Å². The Bertz CT molecular complexity index is 1300. The number of benzene rings is 2. The van der Waals surface area contributed by atoms with Crippen LogP contribution in [-0.2, 0) is 10.0 Å². The van der Waals surface area contributed by atoms with Gasteiger partial charge in [-0.3, -0.25) is 0 Å². The fourth-order valence-corrected chi connectivity index (χ4v) is 6.90. The minimum Gasteiger partial charge on any atom is -0.487 e. The standard InChI is InChI=1S/C30H39N3O5S/c1-22-19-33(23(2)21-34)39(36,37)29-17-16-25(15-14-24-10-6-4-7-11-24)18-27(29)38-28(22)20-32(3)30(35)31-26-12-8-5-9-13-26/h4,6-7,10-11,16-18,22-23,26,28,34H,5,8-9,12-13,19-21H2,1-3H3,(H,31,35)/t22-,23+,28+/m1/s1. The number of nitrogens with zero attached hydrogens (tertiary/aromatic N) is 2. The van der Waals surface area contributed by atoms with Crippen LogP contribution in [0.25, 0.3) is 0 Å². The molecule has 210 valence electrons. The number of aliphatic hydroxyl groups is 1. The molecule has 2 aromatic rings. The van der Waals surface area contributed by atoms with Gasteiger partial charge in [0, 0.05) is 42.7 Å². The Morgan fingerprint density at radius 1 is 1.13 bits per heavy atom. The lowest BCUT2D eigenvalue weighted by Gasteiger charge is -2.37. The Morgan fingerprint density at radius 2 is 1.82 bits per heavy atom. The van der Waals surface area contributed by atoms with E-state index in [1.807, 2.05) is 37.3 Å². The molecule has 1 fully saturated rings. The Morgan fingerprint density at radius 3 is 2.51 bits per heavy atom. The number of hydrogen-bond donors (Lipinski definition) is 2. The highest BCUT2D eigenvalue weighted by atomic mass is 32.2. The second kappa shape index (κ2) is 12.9. The molecule has 2 N–H and O–H groups in total. The summed E-state index contributed by atoms with van der Waals surface area (Å²) >= 11 is 0. The fourth-order valence-electron chi connectivity index (χ4n) is 5.07. The summed E-state index contributed by atoms with van der Waals surface area (Å²) in [7, 11) is -2.21. The van der Waals surface area contributed by atoms with E-state index in [4.69, 9.17) is 4.74 Å². The molecule has 8 nitrogen and oxygen atoms in total. The van der Waals surface area contributed by atoms with Gasteiger partial charge in [0.1, 0.15) is 16.7 Å². The molecule has 9 heteroatoms. The molecule has 0 unspecified atom stereocenters. The lowest BCUT2D eigenvalue weighted by atomic mass is 9.96. The summed E-state index contributed by atoms with van der Waals surface area (Å²) in [5.74, 6) is 6.13. The normalized spacial score (nSPS) is 22.2. The molecule has 0 saturated heterocycles. The quantitative estimate of drug-likeness (QED) is 0.549. The van der Waals surface area contributed by atoms with Gasteiger partial charge in [0.2, 0.25) is 10.0 Å². The molecule has 3 atom stereocenters. The van der Waals surface area contributed by atoms with Crippen molar-refractivity contribution in [1.82, 2.24) is 14.5 Å². The van der Waals surface area contributed by atoms with Gasteiger partial charge in [0.15, 0.2) is 0 Å². The molecular formula is C30H39N3O5S. The van der Waals surface area contributed by atoms with Gasteiger partial charge in [0.05, 0.1) is 13.2 Å². The number of carbonyl (C=O) groups is 1. The number of nitrogens with one attached hydrogen (secondary N) is 1. The molecule has 1 saturated carbocycles. The number of likely N-dealkylation sites (N-methyl/N-ethyl adjacent to an activating group) is 1. The molecule has 2 amide bonds. The lowest BCUT2D eigenvalue weighted by molar-refractivity contribution is 0.0806. The zero-order valence-electron chi connectivity index (χ0n) is 23.0. The van der Waals surface area contributed by atoms with Crippen molar-refractivity contribution in [2.75, 3.05) is 26.7 Å². The van der Waals surface area contributed by atoms with Crippen LogP contribution in [0, 0.1) is 17.8 Å². The number of amides is 2. The summed E-state index contributed by atoms with van der Waals surface area (Å²) in [5, 5.41) is 13.0. The van der Waals surface area contributed by atoms with Gasteiger partial charge in [-0.2, -0.15) is 4.31 Å². The van der Waals surface area contributed by atoms with E-state index in [1.54, 1.807) is 31.0 Å². The van der Waals surface area contributed by atoms with Crippen molar-refractivity contribution in [3.05, 3.63) is 59.7 Å². The predicted octanol–water partition coefficient (Wildman–Crippen LogP) is 3.83. The summed E-state index contributed by atoms with van der Waals surface area (Å²) in [6, 6.07) is 13.8. The SMILES string of the molecule is C[C@@H]1CN([C@@H](C)CO)S(=O)(=O)c2ccc(C#Cc3ccccc3)cc2O[C@H]1CN(C)C(=O)NC1CCCCC1. The third-order valence-corrected chi connectivity index (χ3v) is 9.54. The van der Waals surface area contributed by atoms with E-state index in [-0.39, 0.29) is 48.3 Å². The largest absolute Gasteiger partial charge is 0.487 e. The topological polar surface area (TPSA) is 99.2 Å². The number of hydrogen-bond acceptors (Lipinski definition) is 5. The average molecular weight is 554 g/mol. The van der Waals surface area contributed by atoms with Gasteiger partial charge < -0.3 is 20.1 Å². The average Bonchev–Trinajstić information content (AvgIpc) is 2.94. The molecule has 0 radical (unpaired) electrons. The van der Waals surface area contributed by atoms with E-state index >= 15 is 0 Å². The molecule has 2 aromatic carbocycles. The molecule has 1 heterocycles. The van der Waals surface area contributed by atoms with Crippen molar-refractivity contribution >= 4 is 16.1 Å². The van der Waals surface area contributed by atoms with E-state index in [2.05, 4.69) is 17.2 Å². The van der Waals surface area contributed by atoms with Crippen molar-refractivity contribution in [2.45, 2.75) is 69.0 Å². The van der Waals surface area contributed by atoms with Crippen LogP contribution in [0.1, 0.15) is 57.1 Å². The molecule has 1 aliphatic carbocycles. The van der Waals surface area contributed by atoms with Gasteiger partial charge in [-0.1, -0.05) is 56.2 Å². The van der Waals surface area contributed by atoms with Crippen LogP contribution >= 0.6 is 0 Å². The second-order valence-corrected chi connectivity index (χ2v) is 12.5. The van der Waals surface area contributed by atoms with Crippen LogP contribution in [0.2, 0.25) is 0 Å². The summed E-state index contributed by atoms with van der Waals surface area (Å²) in [6.07, 6.45) is 4.95. The maximum atomic E-state index is 13.7. The summed E-state index contributed by atoms with van der Waals surface area (Å²) in [6.45, 7) is 3.72. The zero-order valence-corrected chi connectivity index (χ0v) is 23.8. The summed E-state index contributed by atoms with van der Waals surface area (Å²) < 4.78 is 35.1. The Balaban J connectivity index is 1.64. The van der Waals surface area contributed by atoms with Crippen LogP contribution in [-0.4, -0.2) is 73.7 Å². The highest BCUT2D eigenvalue weighted by Gasteiger charge is 2.38. The molecule has 0 aromatic heterocycles. The molecular weight excluding hydrogens is 514 g/mol. The number of urea groups is 1. The first-order valence-electron chi connectivity index (χ1n) is 13.7. The van der Waals surface area contributed by atoms with Crippen LogP contribution in [0.5, 0.6) is 5.75 Å². The Hall–Kier alpha value is -3.06. The van der Waals surface area contributed by atoms with Crippen LogP contribution in [0.15, 0.2) is 53.4 Å². The highest BCUT2D eigenvalue weighted by molar-refractivity contribution is 7.89. The highest BCUT2D eigenvalue weighted by Crippen LogP contribution is 2.34. The van der Waals surface area contributed by atoms with Crippen molar-refractivity contribution in [1.29, 1.82) is 0 Å². The van der Waals surface area contributed by atoms with Crippen molar-refractivity contribution in [3.63, 3.8) is 0 Å². The number of fused-ring (bicyclic) bond motifs is 1. The molecule has 0 spiro atoms. The smallest absolute Gasteiger partial charge is 0.317 e. The molecule has 1 aliphatic heterocycles. The van der Waals surface area contributed by atoms with Gasteiger partial charge in [-0.15, -0.1) is 0 Å². The number of carbonyl (C=O) groups excluding carboxylic acids is 1. The first-order valence-corrected chi connectivity index (χ1v) is 15.1. The molecule has 4 rings (SSSR count). The van der Waals surface area contributed by atoms with Gasteiger partial charge in [-0.05, 0) is 50.1 Å². The van der Waals surface area contributed by atoms with Crippen LogP contribution in [0.4, 0.5) is 4.79 Å². The Labute approximate surface area is 232 Å². The molecule has 0 bridgehead atoms. The van der Waals surface area contributed by atoms with Crippen molar-refractivity contribution in [3.8, 4) is 17.6 Å². The third-order valence-electron chi connectivity index (χ3n) is 7.53. The van der Waals surface area contributed by atoms with Crippen LogP contribution < -0.4 is 10.1 Å². The fraction of sp³-hybridized carbons (Fsp3) is 0.500. The van der Waals surface area contributed by atoms with Crippen molar-refractivity contribution in [2.24, 2.45) is 5.92 Å². The zero-order chi connectivity index (χ0) is 28.0. The maximum absolute atomic E-state index is 13.7. The van der Waals surface area contributed by atoms with E-state index in [9.17, 15) is 18.3 Å². The monoisotopic (exact) mass is 553 g/mol. The second-order valence-electron chi connectivity index (χ2n) is 10.7. The molecule has 2 aliphatic rings. The van der Waals surface area contributed by atoms with Gasteiger partial charge in [-0.25, -0.2) is 13.2 Å². The first-order chi connectivity index (χ1) is 18.7. The Kier molecular flexibility index (Phi) is 9.54. The summed E-state index contributed by atoms with van der Waals surface area (Å²) in [4.78, 5) is 14.6. The minimum absolute atomic E-state index is 0.0271. The van der Waals surface area contributed by atoms with Crippen molar-refractivity contribution < 1.29 is 23.1 Å². The first kappa shape index (κ1) is 28.9. The molecule has 39 heavy (non-hydrogen) atoms. The maximum Gasteiger partial charge on any atom is 0.317 e. The van der Waals surface area contributed by atoms with Crippen LogP contribution in [0.3, 0.4) is 0 Å². The van der Waals surface area contributed by atoms with Gasteiger partial charge >= 0.3 is 6.03 Å². The number of sulfonamides is 1. The third kappa shape index (κ3) is 7.13. The number of rotatable bonds is 5. The number of ether oxygens (including phenoxy) is 1. The van der Waals surface area contributed by atoms with Gasteiger partial charge in [0.25, 0.3) is 0 Å².